The third kappa shape index (κ3) is 2.26. The molecule has 2 nitrogen and oxygen atoms in total. The summed E-state index contributed by atoms with van der Waals surface area (Å²) in [6.07, 6.45) is 0. The fraction of sp³-hybridized carbons (Fsp3) is 0.118. The van der Waals surface area contributed by atoms with E-state index in [0.717, 1.165) is 22.5 Å². The standard InChI is InChI=1S/C17H15IN2/c1-11-16(12-6-4-3-5-7-12)20-15-9-8-13(18)10-14(15)17(11)19-2/h3-10H,1-2H3,(H,19,20). The van der Waals surface area contributed by atoms with Crippen molar-refractivity contribution in [3.63, 3.8) is 0 Å². The molecule has 0 aliphatic heterocycles. The lowest BCUT2D eigenvalue weighted by Crippen LogP contribution is -1.99. The minimum atomic E-state index is 1.03. The number of pyridine rings is 1. The predicted molar refractivity (Wildman–Crippen MR) is 94.2 cm³/mol. The Morgan fingerprint density at radius 2 is 1.80 bits per heavy atom. The van der Waals surface area contributed by atoms with Gasteiger partial charge in [-0.3, -0.25) is 0 Å². The Kier molecular flexibility index (Phi) is 3.61. The van der Waals surface area contributed by atoms with Gasteiger partial charge in [-0.15, -0.1) is 0 Å². The highest BCUT2D eigenvalue weighted by atomic mass is 127. The summed E-state index contributed by atoms with van der Waals surface area (Å²) >= 11 is 2.34. The number of benzene rings is 2. The molecular formula is C17H15IN2. The van der Waals surface area contributed by atoms with Crippen molar-refractivity contribution in [2.75, 3.05) is 12.4 Å². The molecule has 100 valence electrons. The zero-order valence-corrected chi connectivity index (χ0v) is 13.6. The van der Waals surface area contributed by atoms with Crippen molar-refractivity contribution >= 4 is 39.2 Å². The van der Waals surface area contributed by atoms with Gasteiger partial charge in [0.2, 0.25) is 0 Å². The SMILES string of the molecule is CNc1c(C)c(-c2ccccc2)nc2ccc(I)cc12. The van der Waals surface area contributed by atoms with E-state index >= 15 is 0 Å². The molecule has 0 aliphatic carbocycles. The maximum Gasteiger partial charge on any atom is 0.0759 e. The smallest absolute Gasteiger partial charge is 0.0759 e. The second kappa shape index (κ2) is 5.40. The summed E-state index contributed by atoms with van der Waals surface area (Å²) in [6.45, 7) is 2.13. The molecule has 0 unspecified atom stereocenters. The maximum absolute atomic E-state index is 4.85. The van der Waals surface area contributed by atoms with Gasteiger partial charge in [0.15, 0.2) is 0 Å². The van der Waals surface area contributed by atoms with Crippen molar-refractivity contribution < 1.29 is 0 Å². The molecular weight excluding hydrogens is 359 g/mol. The van der Waals surface area contributed by atoms with E-state index in [-0.39, 0.29) is 0 Å². The summed E-state index contributed by atoms with van der Waals surface area (Å²) in [6, 6.07) is 16.7. The predicted octanol–water partition coefficient (Wildman–Crippen LogP) is 4.86. The average molecular weight is 374 g/mol. The Labute approximate surface area is 132 Å². The Hall–Kier alpha value is -1.62. The summed E-state index contributed by atoms with van der Waals surface area (Å²) in [4.78, 5) is 4.85. The summed E-state index contributed by atoms with van der Waals surface area (Å²) in [5, 5.41) is 4.51. The Morgan fingerprint density at radius 3 is 2.50 bits per heavy atom. The topological polar surface area (TPSA) is 24.9 Å². The third-order valence-corrected chi connectivity index (χ3v) is 4.16. The zero-order chi connectivity index (χ0) is 14.1. The first-order valence-electron chi connectivity index (χ1n) is 6.53. The van der Waals surface area contributed by atoms with Crippen LogP contribution in [0, 0.1) is 10.5 Å². The molecule has 1 heterocycles. The molecule has 3 aromatic rings. The Morgan fingerprint density at radius 1 is 1.05 bits per heavy atom. The maximum atomic E-state index is 4.85. The van der Waals surface area contributed by atoms with Crippen LogP contribution < -0.4 is 5.32 Å². The van der Waals surface area contributed by atoms with Crippen LogP contribution in [-0.4, -0.2) is 12.0 Å². The molecule has 0 radical (unpaired) electrons. The number of anilines is 1. The zero-order valence-electron chi connectivity index (χ0n) is 11.4. The number of nitrogens with zero attached hydrogens (tertiary/aromatic N) is 1. The average Bonchev–Trinajstić information content (AvgIpc) is 2.48. The number of hydrogen-bond acceptors (Lipinski definition) is 2. The first kappa shape index (κ1) is 13.4. The normalized spacial score (nSPS) is 10.8. The van der Waals surface area contributed by atoms with Crippen molar-refractivity contribution in [2.24, 2.45) is 0 Å². The number of rotatable bonds is 2. The van der Waals surface area contributed by atoms with Gasteiger partial charge in [-0.25, -0.2) is 4.98 Å². The first-order chi connectivity index (χ1) is 9.70. The minimum absolute atomic E-state index is 1.03. The van der Waals surface area contributed by atoms with Crippen LogP contribution in [0.25, 0.3) is 22.2 Å². The van der Waals surface area contributed by atoms with Crippen LogP contribution in [0.1, 0.15) is 5.56 Å². The van der Waals surface area contributed by atoms with Gasteiger partial charge in [-0.1, -0.05) is 30.3 Å². The van der Waals surface area contributed by atoms with Crippen LogP contribution in [-0.2, 0) is 0 Å². The van der Waals surface area contributed by atoms with E-state index in [4.69, 9.17) is 4.98 Å². The largest absolute Gasteiger partial charge is 0.387 e. The molecule has 0 saturated carbocycles. The summed E-state index contributed by atoms with van der Waals surface area (Å²) in [5.41, 5.74) is 5.57. The van der Waals surface area contributed by atoms with Gasteiger partial charge in [0.1, 0.15) is 0 Å². The number of fused-ring (bicyclic) bond motifs is 1. The fourth-order valence-corrected chi connectivity index (χ4v) is 3.02. The summed E-state index contributed by atoms with van der Waals surface area (Å²) in [5.74, 6) is 0. The fourth-order valence-electron chi connectivity index (χ4n) is 2.53. The molecule has 0 saturated heterocycles. The van der Waals surface area contributed by atoms with Crippen molar-refractivity contribution in [3.05, 3.63) is 57.7 Å². The molecule has 0 amide bonds. The van der Waals surface area contributed by atoms with E-state index in [9.17, 15) is 0 Å². The third-order valence-electron chi connectivity index (χ3n) is 3.49. The molecule has 0 bridgehead atoms. The quantitative estimate of drug-likeness (QED) is 0.649. The van der Waals surface area contributed by atoms with E-state index in [1.165, 1.54) is 14.5 Å². The summed E-state index contributed by atoms with van der Waals surface area (Å²) < 4.78 is 1.22. The highest BCUT2D eigenvalue weighted by Crippen LogP contribution is 2.33. The lowest BCUT2D eigenvalue weighted by atomic mass is 10.0. The van der Waals surface area contributed by atoms with Crippen LogP contribution in [0.3, 0.4) is 0 Å². The molecule has 0 fully saturated rings. The first-order valence-corrected chi connectivity index (χ1v) is 7.61. The van der Waals surface area contributed by atoms with Gasteiger partial charge in [0.05, 0.1) is 11.2 Å². The highest BCUT2D eigenvalue weighted by Gasteiger charge is 2.12. The monoisotopic (exact) mass is 374 g/mol. The molecule has 3 rings (SSSR count). The number of nitrogens with one attached hydrogen (secondary N) is 1. The molecule has 20 heavy (non-hydrogen) atoms. The Balaban J connectivity index is 2.35. The minimum Gasteiger partial charge on any atom is -0.387 e. The molecule has 2 aromatic carbocycles. The lowest BCUT2D eigenvalue weighted by Gasteiger charge is -2.14. The van der Waals surface area contributed by atoms with Crippen molar-refractivity contribution in [1.82, 2.24) is 4.98 Å². The second-order valence-electron chi connectivity index (χ2n) is 4.74. The second-order valence-corrected chi connectivity index (χ2v) is 5.98. The number of hydrogen-bond donors (Lipinski definition) is 1. The van der Waals surface area contributed by atoms with Crippen LogP contribution in [0.5, 0.6) is 0 Å². The van der Waals surface area contributed by atoms with E-state index in [0.29, 0.717) is 0 Å². The van der Waals surface area contributed by atoms with Crippen molar-refractivity contribution in [1.29, 1.82) is 0 Å². The Bertz CT molecular complexity index is 767. The van der Waals surface area contributed by atoms with Crippen LogP contribution in [0.15, 0.2) is 48.5 Å². The van der Waals surface area contributed by atoms with Crippen LogP contribution >= 0.6 is 22.6 Å². The lowest BCUT2D eigenvalue weighted by molar-refractivity contribution is 1.31. The highest BCUT2D eigenvalue weighted by molar-refractivity contribution is 14.1. The number of aromatic nitrogens is 1. The molecule has 0 spiro atoms. The van der Waals surface area contributed by atoms with Crippen molar-refractivity contribution in [3.8, 4) is 11.3 Å². The molecule has 0 atom stereocenters. The van der Waals surface area contributed by atoms with E-state index in [1.807, 2.05) is 25.2 Å². The van der Waals surface area contributed by atoms with Gasteiger partial charge < -0.3 is 5.32 Å². The van der Waals surface area contributed by atoms with Gasteiger partial charge in [-0.2, -0.15) is 0 Å². The van der Waals surface area contributed by atoms with E-state index in [2.05, 4.69) is 65.2 Å². The molecule has 3 heteroatoms. The van der Waals surface area contributed by atoms with Gasteiger partial charge in [-0.05, 0) is 53.3 Å². The van der Waals surface area contributed by atoms with Crippen LogP contribution in [0.4, 0.5) is 5.69 Å². The van der Waals surface area contributed by atoms with Crippen LogP contribution in [0.2, 0.25) is 0 Å². The molecule has 1 N–H and O–H groups in total. The van der Waals surface area contributed by atoms with Crippen molar-refractivity contribution in [2.45, 2.75) is 6.92 Å². The van der Waals surface area contributed by atoms with Gasteiger partial charge in [0, 0.05) is 27.3 Å². The molecule has 0 aliphatic rings. The molecule has 1 aromatic heterocycles. The van der Waals surface area contributed by atoms with E-state index < -0.39 is 0 Å². The number of halogens is 1. The van der Waals surface area contributed by atoms with Gasteiger partial charge >= 0.3 is 0 Å². The van der Waals surface area contributed by atoms with Gasteiger partial charge in [0.25, 0.3) is 0 Å². The van der Waals surface area contributed by atoms with E-state index in [1.54, 1.807) is 0 Å². The summed E-state index contributed by atoms with van der Waals surface area (Å²) in [7, 11) is 1.97.